The summed E-state index contributed by atoms with van der Waals surface area (Å²) in [5, 5.41) is 10.3. The standard InChI is InChI=1S/C4H10N2O.CH3NO2/c5-4-3-6-1-2-7-4;2-1(3)4/h4,6H,1-3,5H2;2H2,(H,3,4). The second kappa shape index (κ2) is 5.90. The van der Waals surface area contributed by atoms with Crippen molar-refractivity contribution in [1.29, 1.82) is 0 Å². The number of carbonyl (C=O) groups is 1. The van der Waals surface area contributed by atoms with E-state index in [2.05, 4.69) is 11.1 Å². The van der Waals surface area contributed by atoms with Crippen molar-refractivity contribution in [2.24, 2.45) is 11.5 Å². The van der Waals surface area contributed by atoms with Crippen LogP contribution in [0.15, 0.2) is 0 Å². The molecule has 1 unspecified atom stereocenters. The molecule has 11 heavy (non-hydrogen) atoms. The highest BCUT2D eigenvalue weighted by Crippen LogP contribution is 1.84. The number of hydrogen-bond donors (Lipinski definition) is 4. The van der Waals surface area contributed by atoms with Gasteiger partial charge in [-0.3, -0.25) is 0 Å². The van der Waals surface area contributed by atoms with Crippen molar-refractivity contribution in [3.63, 3.8) is 0 Å². The van der Waals surface area contributed by atoms with E-state index in [1.165, 1.54) is 0 Å². The molecule has 0 spiro atoms. The minimum Gasteiger partial charge on any atom is -0.465 e. The number of morpholine rings is 1. The zero-order valence-corrected chi connectivity index (χ0v) is 6.12. The van der Waals surface area contributed by atoms with E-state index in [9.17, 15) is 0 Å². The summed E-state index contributed by atoms with van der Waals surface area (Å²) in [6, 6.07) is 0. The average molecular weight is 163 g/mol. The molecule has 0 aliphatic carbocycles. The number of ether oxygens (including phenoxy) is 1. The molecule has 0 bridgehead atoms. The van der Waals surface area contributed by atoms with Crippen LogP contribution in [0.2, 0.25) is 0 Å². The van der Waals surface area contributed by atoms with E-state index in [1.54, 1.807) is 0 Å². The Bertz CT molecular complexity index is 110. The van der Waals surface area contributed by atoms with Gasteiger partial charge in [0.05, 0.1) is 6.61 Å². The summed E-state index contributed by atoms with van der Waals surface area (Å²) in [4.78, 5) is 8.78. The normalized spacial score (nSPS) is 23.2. The Labute approximate surface area is 64.5 Å². The zero-order valence-electron chi connectivity index (χ0n) is 6.12. The molecule has 1 amide bonds. The van der Waals surface area contributed by atoms with Crippen molar-refractivity contribution in [1.82, 2.24) is 5.32 Å². The first-order valence-corrected chi connectivity index (χ1v) is 3.19. The topological polar surface area (TPSA) is 111 Å². The van der Waals surface area contributed by atoms with Crippen LogP contribution >= 0.6 is 0 Å². The van der Waals surface area contributed by atoms with E-state index in [0.717, 1.165) is 19.7 Å². The number of nitrogens with two attached hydrogens (primary N) is 2. The monoisotopic (exact) mass is 163 g/mol. The lowest BCUT2D eigenvalue weighted by molar-refractivity contribution is 0.0331. The van der Waals surface area contributed by atoms with Crippen LogP contribution in [0, 0.1) is 0 Å². The van der Waals surface area contributed by atoms with Gasteiger partial charge in [0.2, 0.25) is 0 Å². The molecule has 1 aliphatic rings. The fraction of sp³-hybridized carbons (Fsp3) is 0.800. The molecule has 1 fully saturated rings. The first-order chi connectivity index (χ1) is 5.13. The van der Waals surface area contributed by atoms with Gasteiger partial charge in [-0.25, -0.2) is 4.79 Å². The highest BCUT2D eigenvalue weighted by Gasteiger charge is 2.05. The first-order valence-electron chi connectivity index (χ1n) is 3.19. The maximum atomic E-state index is 8.78. The van der Waals surface area contributed by atoms with Crippen LogP contribution in [-0.4, -0.2) is 37.1 Å². The van der Waals surface area contributed by atoms with Crippen LogP contribution in [0.3, 0.4) is 0 Å². The van der Waals surface area contributed by atoms with Gasteiger partial charge in [0.15, 0.2) is 0 Å². The number of hydrogen-bond acceptors (Lipinski definition) is 4. The van der Waals surface area contributed by atoms with Crippen molar-refractivity contribution >= 4 is 6.09 Å². The van der Waals surface area contributed by atoms with E-state index in [4.69, 9.17) is 20.4 Å². The van der Waals surface area contributed by atoms with Gasteiger partial charge in [-0.2, -0.15) is 0 Å². The largest absolute Gasteiger partial charge is 0.465 e. The number of primary amides is 1. The number of amides is 1. The number of nitrogens with one attached hydrogen (secondary N) is 1. The summed E-state index contributed by atoms with van der Waals surface area (Å²) in [5.41, 5.74) is 9.38. The van der Waals surface area contributed by atoms with Crippen LogP contribution in [-0.2, 0) is 4.74 Å². The molecule has 6 N–H and O–H groups in total. The third-order valence-corrected chi connectivity index (χ3v) is 0.956. The van der Waals surface area contributed by atoms with E-state index < -0.39 is 6.09 Å². The molecule has 0 aromatic carbocycles. The van der Waals surface area contributed by atoms with Gasteiger partial charge in [0.1, 0.15) is 6.23 Å². The predicted molar refractivity (Wildman–Crippen MR) is 39.0 cm³/mol. The van der Waals surface area contributed by atoms with Gasteiger partial charge in [0.25, 0.3) is 0 Å². The molecule has 6 heteroatoms. The Balaban J connectivity index is 0.000000218. The van der Waals surface area contributed by atoms with Gasteiger partial charge >= 0.3 is 6.09 Å². The van der Waals surface area contributed by atoms with Crippen LogP contribution < -0.4 is 16.8 Å². The summed E-state index contributed by atoms with van der Waals surface area (Å²) >= 11 is 0. The molecule has 1 aliphatic heterocycles. The lowest BCUT2D eigenvalue weighted by Gasteiger charge is -2.18. The number of rotatable bonds is 0. The third-order valence-electron chi connectivity index (χ3n) is 0.956. The van der Waals surface area contributed by atoms with Gasteiger partial charge < -0.3 is 26.6 Å². The molecule has 66 valence electrons. The molecule has 0 aromatic rings. The smallest absolute Gasteiger partial charge is 0.402 e. The summed E-state index contributed by atoms with van der Waals surface area (Å²) in [7, 11) is 0. The fourth-order valence-electron chi connectivity index (χ4n) is 0.586. The Morgan fingerprint density at radius 2 is 2.27 bits per heavy atom. The van der Waals surface area contributed by atoms with Crippen molar-refractivity contribution in [2.45, 2.75) is 6.23 Å². The van der Waals surface area contributed by atoms with Crippen LogP contribution in [0.5, 0.6) is 0 Å². The van der Waals surface area contributed by atoms with Gasteiger partial charge in [-0.15, -0.1) is 0 Å². The molecule has 1 rings (SSSR count). The van der Waals surface area contributed by atoms with E-state index in [0.29, 0.717) is 0 Å². The molecule has 6 nitrogen and oxygen atoms in total. The predicted octanol–water partition coefficient (Wildman–Crippen LogP) is -1.49. The van der Waals surface area contributed by atoms with Crippen LogP contribution in [0.25, 0.3) is 0 Å². The first kappa shape index (κ1) is 10.2. The highest BCUT2D eigenvalue weighted by molar-refractivity contribution is 5.61. The maximum absolute atomic E-state index is 8.78. The Kier molecular flexibility index (Phi) is 5.44. The van der Waals surface area contributed by atoms with Gasteiger partial charge in [-0.05, 0) is 0 Å². The second-order valence-corrected chi connectivity index (χ2v) is 1.95. The molecule has 1 atom stereocenters. The molecular formula is C5H13N3O3. The Morgan fingerprint density at radius 3 is 2.45 bits per heavy atom. The van der Waals surface area contributed by atoms with Crippen molar-refractivity contribution in [3.05, 3.63) is 0 Å². The minimum atomic E-state index is -1.33. The summed E-state index contributed by atoms with van der Waals surface area (Å²) in [5.74, 6) is 0. The highest BCUT2D eigenvalue weighted by atomic mass is 16.5. The molecule has 0 radical (unpaired) electrons. The molecule has 1 heterocycles. The SMILES string of the molecule is NC(=O)O.NC1CNCCO1. The van der Waals surface area contributed by atoms with Crippen molar-refractivity contribution in [3.8, 4) is 0 Å². The second-order valence-electron chi connectivity index (χ2n) is 1.95. The van der Waals surface area contributed by atoms with Crippen LogP contribution in [0.4, 0.5) is 4.79 Å². The van der Waals surface area contributed by atoms with E-state index in [-0.39, 0.29) is 6.23 Å². The third kappa shape index (κ3) is 9.15. The van der Waals surface area contributed by atoms with E-state index in [1.807, 2.05) is 0 Å². The van der Waals surface area contributed by atoms with Gasteiger partial charge in [-0.1, -0.05) is 0 Å². The van der Waals surface area contributed by atoms with Crippen LogP contribution in [0.1, 0.15) is 0 Å². The molecule has 0 saturated carbocycles. The summed E-state index contributed by atoms with van der Waals surface area (Å²) in [6.07, 6.45) is -1.41. The molecule has 1 saturated heterocycles. The van der Waals surface area contributed by atoms with Crippen molar-refractivity contribution in [2.75, 3.05) is 19.7 Å². The lowest BCUT2D eigenvalue weighted by Crippen LogP contribution is -2.43. The van der Waals surface area contributed by atoms with Gasteiger partial charge in [0, 0.05) is 13.1 Å². The fourth-order valence-corrected chi connectivity index (χ4v) is 0.586. The number of carboxylic acid groups (broad SMARTS) is 1. The summed E-state index contributed by atoms with van der Waals surface area (Å²) < 4.78 is 4.99. The Morgan fingerprint density at radius 1 is 1.73 bits per heavy atom. The molecule has 0 aromatic heterocycles. The average Bonchev–Trinajstić information content (AvgIpc) is 1.87. The van der Waals surface area contributed by atoms with E-state index >= 15 is 0 Å². The summed E-state index contributed by atoms with van der Waals surface area (Å²) in [6.45, 7) is 2.48. The quantitative estimate of drug-likeness (QED) is 0.348. The maximum Gasteiger partial charge on any atom is 0.402 e. The van der Waals surface area contributed by atoms with Crippen molar-refractivity contribution < 1.29 is 14.6 Å². The molecular weight excluding hydrogens is 150 g/mol. The lowest BCUT2D eigenvalue weighted by atomic mass is 10.5. The zero-order chi connectivity index (χ0) is 8.69. The minimum absolute atomic E-state index is 0.0752. The Hall–Kier alpha value is -0.850.